The Kier molecular flexibility index (Phi) is 29.5. The van der Waals surface area contributed by atoms with Gasteiger partial charge in [0.05, 0.1) is 76.3 Å². The minimum Gasteiger partial charge on any atom is -0.310 e. The first-order chi connectivity index (χ1) is 68.9. The second-order valence-corrected chi connectivity index (χ2v) is 40.7. The Hall–Kier alpha value is -14.0. The summed E-state index contributed by atoms with van der Waals surface area (Å²) in [5.41, 5.74) is 17.6. The second-order valence-electron chi connectivity index (χ2n) is 39.9. The fourth-order valence-electron chi connectivity index (χ4n) is 21.6. The van der Waals surface area contributed by atoms with Crippen LogP contribution in [0.1, 0.15) is 234 Å². The number of fused-ring (bicyclic) bond motifs is 6. The van der Waals surface area contributed by atoms with Crippen molar-refractivity contribution in [1.82, 2.24) is 118 Å². The number of aromatic nitrogens is 24. The first-order valence-electron chi connectivity index (χ1n) is 50.5. The molecule has 0 radical (unpaired) electrons. The fourth-order valence-corrected chi connectivity index (χ4v) is 22.1. The van der Waals surface area contributed by atoms with Gasteiger partial charge in [-0.3, -0.25) is 28.8 Å². The number of nitrogens with one attached hydrogen (secondary N) is 6. The maximum absolute atomic E-state index is 12.4. The van der Waals surface area contributed by atoms with Crippen LogP contribution in [-0.4, -0.2) is 118 Å². The largest absolute Gasteiger partial charge is 0.310 e. The number of benzene rings is 6. The molecule has 6 fully saturated rings. The lowest BCUT2D eigenvalue weighted by atomic mass is 10.0. The van der Waals surface area contributed by atoms with E-state index in [2.05, 4.69) is 106 Å². The van der Waals surface area contributed by atoms with Crippen LogP contribution in [0.4, 0.5) is 0 Å². The number of H-pyrrole nitrogens is 6. The van der Waals surface area contributed by atoms with Gasteiger partial charge in [-0.1, -0.05) is 262 Å². The molecule has 0 unspecified atom stereocenters. The summed E-state index contributed by atoms with van der Waals surface area (Å²) in [6.07, 6.45) is 44.8. The summed E-state index contributed by atoms with van der Waals surface area (Å²) in [7, 11) is 0. The molecule has 0 saturated heterocycles. The van der Waals surface area contributed by atoms with E-state index in [1.54, 1.807) is 60.6 Å². The molecular formula is C110H122Cl2N24O6. The molecule has 6 N–H and O–H groups in total. The predicted octanol–water partition coefficient (Wildman–Crippen LogP) is 20.8. The maximum Gasteiger partial charge on any atom is 0.262 e. The number of nitrogens with zero attached hydrogens (tertiary/aromatic N) is 18. The van der Waals surface area contributed by atoms with Crippen molar-refractivity contribution in [1.29, 1.82) is 0 Å². The molecule has 0 bridgehead atoms. The van der Waals surface area contributed by atoms with Gasteiger partial charge in [-0.2, -0.15) is 30.6 Å². The van der Waals surface area contributed by atoms with Gasteiger partial charge in [0.1, 0.15) is 67.3 Å². The van der Waals surface area contributed by atoms with Crippen LogP contribution < -0.4 is 33.4 Å². The summed E-state index contributed by atoms with van der Waals surface area (Å²) < 4.78 is 10.5. The van der Waals surface area contributed by atoms with E-state index in [1.165, 1.54) is 165 Å². The molecule has 12 aromatic heterocycles. The molecule has 30 nitrogen and oxygen atoms in total. The Morgan fingerprint density at radius 3 is 0.894 bits per heavy atom. The lowest BCUT2D eigenvalue weighted by molar-refractivity contribution is 0.530. The number of para-hydroxylation sites is 3. The quantitative estimate of drug-likeness (QED) is 0.0465. The van der Waals surface area contributed by atoms with Crippen molar-refractivity contribution in [2.24, 2.45) is 35.5 Å². The molecule has 6 aliphatic rings. The molecule has 0 spiro atoms. The van der Waals surface area contributed by atoms with E-state index in [-0.39, 0.29) is 33.4 Å². The second kappa shape index (κ2) is 43.2. The van der Waals surface area contributed by atoms with E-state index in [0.29, 0.717) is 112 Å². The highest BCUT2D eigenvalue weighted by Gasteiger charge is 2.28. The molecule has 732 valence electrons. The first kappa shape index (κ1) is 96.9. The van der Waals surface area contributed by atoms with Crippen LogP contribution >= 0.6 is 23.2 Å². The molecule has 6 saturated carbocycles. The minimum atomic E-state index is -0.135. The fraction of sp³-hybridized carbons (Fsp3) is 0.400. The number of halogens is 2. The highest BCUT2D eigenvalue weighted by atomic mass is 35.5. The predicted molar refractivity (Wildman–Crippen MR) is 559 cm³/mol. The van der Waals surface area contributed by atoms with Crippen LogP contribution in [0.15, 0.2) is 187 Å². The Morgan fingerprint density at radius 1 is 0.268 bits per heavy atom. The van der Waals surface area contributed by atoms with Gasteiger partial charge in [0.15, 0.2) is 33.9 Å². The Bertz CT molecular complexity index is 7700. The summed E-state index contributed by atoms with van der Waals surface area (Å²) in [6.45, 7) is 16.3. The van der Waals surface area contributed by atoms with Gasteiger partial charge in [-0.15, -0.1) is 0 Å². The zero-order chi connectivity index (χ0) is 98.3. The van der Waals surface area contributed by atoms with Crippen LogP contribution in [0.5, 0.6) is 0 Å². The average Bonchev–Trinajstić information content (AvgIpc) is 1.57. The van der Waals surface area contributed by atoms with E-state index in [1.807, 2.05) is 136 Å². The summed E-state index contributed by atoms with van der Waals surface area (Å²) in [6, 6.07) is 39.7. The van der Waals surface area contributed by atoms with E-state index in [4.69, 9.17) is 53.1 Å². The van der Waals surface area contributed by atoms with E-state index < -0.39 is 0 Å². The third kappa shape index (κ3) is 21.6. The Labute approximate surface area is 830 Å². The van der Waals surface area contributed by atoms with Gasteiger partial charge in [0, 0.05) is 43.5 Å². The first-order valence-corrected chi connectivity index (χ1v) is 51.3. The topological polar surface area (TPSA) is 381 Å². The molecule has 18 aromatic rings. The Morgan fingerprint density at radius 2 is 0.535 bits per heavy atom. The minimum absolute atomic E-state index is 0.0921. The van der Waals surface area contributed by atoms with Crippen LogP contribution in [0.3, 0.4) is 0 Å². The lowest BCUT2D eigenvalue weighted by Crippen LogP contribution is -2.15. The molecule has 142 heavy (non-hydrogen) atoms. The summed E-state index contributed by atoms with van der Waals surface area (Å²) >= 11 is 12.5. The third-order valence-corrected chi connectivity index (χ3v) is 30.1. The molecule has 12 heterocycles. The molecule has 0 amide bonds. The van der Waals surface area contributed by atoms with Gasteiger partial charge in [-0.25, -0.2) is 58.0 Å². The number of aryl methyl sites for hydroxylation is 7. The Balaban J connectivity index is 0.000000108. The van der Waals surface area contributed by atoms with E-state index in [9.17, 15) is 28.8 Å². The lowest BCUT2D eigenvalue weighted by Gasteiger charge is -2.11. The average molecular weight is 1950 g/mol. The standard InChI is InChI=1S/2C19H22N4O.2C18H19ClN4O.2C18H20N4O/c1-12-6-5-7-13(2)17(12)23-18-15(11-20-23)19(24)22-16(21-18)10-14-8-3-4-9-14;1-12-6-5-9-16(13(12)2)23-18-15(11-20-23)19(24)22-17(21-18)10-14-7-3-4-8-14;1-11-5-4-8-14(19)16(11)23-17-13(10-20-23)18(24)22-15(21-17)9-12-6-2-3-7-12;1-11-6-7-13(19)9-15(11)23-17-14(10-20-23)18(24)22-16(21-17)8-12-4-2-3-5-12;1-12-6-2-5-9-15(12)22-17-14(11-19-22)18(23)21-16(20-17)10-13-7-3-4-8-13;1-12-6-8-14(9-7-12)22-17-15(11-19-22)18(23)21-16(20-17)10-13-4-2-3-5-13/h5-7,11,14H,3-4,8-10H2,1-2H3,(H,21,22,24);5-6,9,11,14H,3-4,7-8,10H2,1-2H3,(H,21,22,24);4-5,8,10,12H,2-3,6-7,9H2,1H3,(H,21,22,24);6-7,9-10,12H,2-5,8H2,1H3,(H,21,22,24);2,5-6,9,11,13H,3-4,7-8,10H2,1H3,(H,20,21,23);6-9,11,13H,2-5,10H2,1H3,(H,20,21,23). The summed E-state index contributed by atoms with van der Waals surface area (Å²) in [5, 5.41) is 30.8. The molecule has 6 aromatic carbocycles. The highest BCUT2D eigenvalue weighted by molar-refractivity contribution is 6.32. The number of rotatable bonds is 18. The zero-order valence-electron chi connectivity index (χ0n) is 81.9. The molecule has 0 aliphatic heterocycles. The van der Waals surface area contributed by atoms with Gasteiger partial charge >= 0.3 is 0 Å². The van der Waals surface area contributed by atoms with Crippen molar-refractivity contribution in [3.63, 3.8) is 0 Å². The van der Waals surface area contributed by atoms with Crippen LogP contribution in [0.2, 0.25) is 10.0 Å². The van der Waals surface area contributed by atoms with Gasteiger partial charge < -0.3 is 29.9 Å². The monoisotopic (exact) mass is 1940 g/mol. The van der Waals surface area contributed by atoms with Crippen molar-refractivity contribution >= 4 is 89.4 Å². The molecular weight excluding hydrogens is 1820 g/mol. The number of hydrogen-bond acceptors (Lipinski definition) is 18. The highest BCUT2D eigenvalue weighted by Crippen LogP contribution is 2.36. The van der Waals surface area contributed by atoms with E-state index >= 15 is 0 Å². The third-order valence-electron chi connectivity index (χ3n) is 29.5. The molecule has 24 rings (SSSR count). The van der Waals surface area contributed by atoms with Crippen LogP contribution in [-0.2, 0) is 38.5 Å². The molecule has 32 heteroatoms. The number of hydrogen-bond donors (Lipinski definition) is 6. The van der Waals surface area contributed by atoms with Crippen molar-refractivity contribution in [3.8, 4) is 34.1 Å². The van der Waals surface area contributed by atoms with Gasteiger partial charge in [-0.05, 0) is 172 Å². The molecule has 6 aliphatic carbocycles. The van der Waals surface area contributed by atoms with Gasteiger partial charge in [0.25, 0.3) is 33.4 Å². The molecule has 0 atom stereocenters. The number of aromatic amines is 6. The van der Waals surface area contributed by atoms with Crippen molar-refractivity contribution < 1.29 is 0 Å². The van der Waals surface area contributed by atoms with Crippen molar-refractivity contribution in [3.05, 3.63) is 310 Å². The van der Waals surface area contributed by atoms with Gasteiger partial charge in [0.2, 0.25) is 0 Å². The van der Waals surface area contributed by atoms with Crippen LogP contribution in [0, 0.1) is 90.9 Å². The maximum atomic E-state index is 12.4. The normalized spacial score (nSPS) is 15.5. The van der Waals surface area contributed by atoms with Crippen molar-refractivity contribution in [2.75, 3.05) is 0 Å². The van der Waals surface area contributed by atoms with Crippen LogP contribution in [0.25, 0.3) is 100 Å². The van der Waals surface area contributed by atoms with Crippen molar-refractivity contribution in [2.45, 2.75) is 248 Å². The summed E-state index contributed by atoms with van der Waals surface area (Å²) in [4.78, 5) is 120. The summed E-state index contributed by atoms with van der Waals surface area (Å²) in [5.74, 6) is 8.43. The SMILES string of the molecule is Cc1ccc(-n2ncc3c(=O)[nH]c(CC4CCCC4)nc32)cc1.Cc1ccc(Cl)cc1-n1ncc2c(=O)[nH]c(CC3CCCC3)nc21.Cc1cccc(-n2ncc3c(=O)[nH]c(CC4CCCC4)nc32)c1C.Cc1cccc(C)c1-n1ncc2c(=O)[nH]c(CC3CCCC3)nc21.Cc1cccc(Cl)c1-n1ncc2c(=O)[nH]c(CC3CCCC3)nc21.Cc1ccccc1-n1ncc2c(=O)[nH]c(CC3CCCC3)nc21. The smallest absolute Gasteiger partial charge is 0.262 e. The van der Waals surface area contributed by atoms with E-state index in [0.717, 1.165) is 141 Å². The zero-order valence-corrected chi connectivity index (χ0v) is 83.5.